The lowest BCUT2D eigenvalue weighted by molar-refractivity contribution is 0.501. The molecule has 0 aromatic rings. The van der Waals surface area contributed by atoms with Gasteiger partial charge in [0, 0.05) is 0 Å². The third-order valence-electron chi connectivity index (χ3n) is 1.55. The van der Waals surface area contributed by atoms with Gasteiger partial charge in [-0.3, -0.25) is 0 Å². The largest absolute Gasteiger partial charge is 0.197 e. The normalized spacial score (nSPS) is 36.3. The van der Waals surface area contributed by atoms with Crippen molar-refractivity contribution in [2.45, 2.75) is 13.8 Å². The lowest BCUT2D eigenvalue weighted by Crippen LogP contribution is -2.09. The van der Waals surface area contributed by atoms with E-state index in [9.17, 15) is 0 Å². The van der Waals surface area contributed by atoms with E-state index in [2.05, 4.69) is 26.0 Å². The van der Waals surface area contributed by atoms with Crippen LogP contribution in [0.15, 0.2) is 12.2 Å². The first-order chi connectivity index (χ1) is 2.80. The van der Waals surface area contributed by atoms with Gasteiger partial charge in [0.1, 0.15) is 0 Å². The third-order valence-corrected chi connectivity index (χ3v) is 1.55. The van der Waals surface area contributed by atoms with Crippen molar-refractivity contribution in [3.63, 3.8) is 0 Å². The molecule has 7 heavy (non-hydrogen) atoms. The van der Waals surface area contributed by atoms with E-state index in [0.29, 0.717) is 0 Å². The summed E-state index contributed by atoms with van der Waals surface area (Å²) >= 11 is 0. The SMILES string of the molecule is CC1C=CC1C.S. The van der Waals surface area contributed by atoms with Crippen molar-refractivity contribution < 1.29 is 0 Å². The quantitative estimate of drug-likeness (QED) is 0.424. The van der Waals surface area contributed by atoms with E-state index in [1.807, 2.05) is 0 Å². The second-order valence-corrected chi connectivity index (χ2v) is 2.10. The molecule has 2 atom stereocenters. The standard InChI is InChI=1S/C6H10.H2S/c1-5-3-4-6(5)2;/h3-6H,1-2H3;1H2. The van der Waals surface area contributed by atoms with Crippen LogP contribution in [0.25, 0.3) is 0 Å². The zero-order valence-corrected chi connectivity index (χ0v) is 5.81. The van der Waals surface area contributed by atoms with Crippen LogP contribution in [0.5, 0.6) is 0 Å². The van der Waals surface area contributed by atoms with Gasteiger partial charge in [-0.15, -0.1) is 0 Å². The summed E-state index contributed by atoms with van der Waals surface area (Å²) < 4.78 is 0. The molecule has 0 bridgehead atoms. The van der Waals surface area contributed by atoms with E-state index in [-0.39, 0.29) is 13.5 Å². The fourth-order valence-corrected chi connectivity index (χ4v) is 0.556. The van der Waals surface area contributed by atoms with Gasteiger partial charge < -0.3 is 0 Å². The minimum atomic E-state index is 0. The monoisotopic (exact) mass is 116 g/mol. The van der Waals surface area contributed by atoms with Crippen LogP contribution < -0.4 is 0 Å². The molecular formula is C6H12S. The van der Waals surface area contributed by atoms with Gasteiger partial charge in [-0.2, -0.15) is 13.5 Å². The summed E-state index contributed by atoms with van der Waals surface area (Å²) in [5, 5.41) is 0. The van der Waals surface area contributed by atoms with Gasteiger partial charge in [-0.05, 0) is 11.8 Å². The number of allylic oxidation sites excluding steroid dienone is 2. The molecule has 1 rings (SSSR count). The molecule has 0 saturated heterocycles. The second kappa shape index (κ2) is 2.41. The van der Waals surface area contributed by atoms with Crippen LogP contribution in [-0.4, -0.2) is 0 Å². The Morgan fingerprint density at radius 3 is 1.29 bits per heavy atom. The van der Waals surface area contributed by atoms with Gasteiger partial charge in [0.25, 0.3) is 0 Å². The number of hydrogen-bond donors (Lipinski definition) is 0. The molecule has 0 heterocycles. The Labute approximate surface area is 52.1 Å². The summed E-state index contributed by atoms with van der Waals surface area (Å²) in [6.07, 6.45) is 4.48. The minimum Gasteiger partial charge on any atom is -0.197 e. The fraction of sp³-hybridized carbons (Fsp3) is 0.667. The molecule has 1 aliphatic rings. The zero-order chi connectivity index (χ0) is 4.57. The summed E-state index contributed by atoms with van der Waals surface area (Å²) in [7, 11) is 0. The van der Waals surface area contributed by atoms with Gasteiger partial charge in [-0.1, -0.05) is 26.0 Å². The lowest BCUT2D eigenvalue weighted by atomic mass is 9.86. The molecule has 0 radical (unpaired) electrons. The molecule has 0 amide bonds. The van der Waals surface area contributed by atoms with Crippen LogP contribution in [0, 0.1) is 11.8 Å². The molecule has 0 aliphatic heterocycles. The van der Waals surface area contributed by atoms with E-state index in [0.717, 1.165) is 11.8 Å². The van der Waals surface area contributed by atoms with Gasteiger partial charge in [-0.25, -0.2) is 0 Å². The van der Waals surface area contributed by atoms with Crippen LogP contribution in [-0.2, 0) is 0 Å². The lowest BCUT2D eigenvalue weighted by Gasteiger charge is -2.20. The Hall–Kier alpha value is 0.0900. The minimum absolute atomic E-state index is 0. The smallest absolute Gasteiger partial charge is 0.0201 e. The highest BCUT2D eigenvalue weighted by atomic mass is 32.1. The molecule has 42 valence electrons. The van der Waals surface area contributed by atoms with Gasteiger partial charge in [0.2, 0.25) is 0 Å². The molecule has 0 saturated carbocycles. The zero-order valence-electron chi connectivity index (χ0n) is 4.81. The summed E-state index contributed by atoms with van der Waals surface area (Å²) in [4.78, 5) is 0. The second-order valence-electron chi connectivity index (χ2n) is 2.10. The highest BCUT2D eigenvalue weighted by molar-refractivity contribution is 7.59. The molecule has 2 unspecified atom stereocenters. The van der Waals surface area contributed by atoms with Crippen molar-refractivity contribution in [3.05, 3.63) is 12.2 Å². The topological polar surface area (TPSA) is 0 Å². The maximum Gasteiger partial charge on any atom is -0.0201 e. The predicted molar refractivity (Wildman–Crippen MR) is 37.8 cm³/mol. The molecule has 0 aromatic carbocycles. The van der Waals surface area contributed by atoms with Gasteiger partial charge in [0.15, 0.2) is 0 Å². The van der Waals surface area contributed by atoms with Crippen molar-refractivity contribution in [2.24, 2.45) is 11.8 Å². The maximum absolute atomic E-state index is 2.24. The first kappa shape index (κ1) is 7.09. The fourth-order valence-electron chi connectivity index (χ4n) is 0.556. The summed E-state index contributed by atoms with van der Waals surface area (Å²) in [5.41, 5.74) is 0. The number of hydrogen-bond acceptors (Lipinski definition) is 0. The highest BCUT2D eigenvalue weighted by Gasteiger charge is 2.11. The summed E-state index contributed by atoms with van der Waals surface area (Å²) in [6, 6.07) is 0. The van der Waals surface area contributed by atoms with E-state index in [1.165, 1.54) is 0 Å². The van der Waals surface area contributed by atoms with Crippen LogP contribution in [0.1, 0.15) is 13.8 Å². The molecule has 0 aromatic heterocycles. The summed E-state index contributed by atoms with van der Waals surface area (Å²) in [6.45, 7) is 4.48. The molecule has 0 nitrogen and oxygen atoms in total. The molecular weight excluding hydrogens is 104 g/mol. The van der Waals surface area contributed by atoms with Crippen LogP contribution in [0.2, 0.25) is 0 Å². The predicted octanol–water partition coefficient (Wildman–Crippen LogP) is 1.94. The maximum atomic E-state index is 2.24. The van der Waals surface area contributed by atoms with E-state index < -0.39 is 0 Å². The molecule has 0 fully saturated rings. The van der Waals surface area contributed by atoms with Crippen molar-refractivity contribution in [2.75, 3.05) is 0 Å². The Morgan fingerprint density at radius 1 is 1.00 bits per heavy atom. The molecule has 1 aliphatic carbocycles. The van der Waals surface area contributed by atoms with E-state index in [4.69, 9.17) is 0 Å². The van der Waals surface area contributed by atoms with Crippen LogP contribution >= 0.6 is 13.5 Å². The average Bonchev–Trinajstić information content (AvgIpc) is 1.61. The number of rotatable bonds is 0. The van der Waals surface area contributed by atoms with Crippen molar-refractivity contribution in [3.8, 4) is 0 Å². The summed E-state index contributed by atoms with van der Waals surface area (Å²) in [5.74, 6) is 1.70. The van der Waals surface area contributed by atoms with Crippen LogP contribution in [0.4, 0.5) is 0 Å². The van der Waals surface area contributed by atoms with Crippen molar-refractivity contribution >= 4 is 13.5 Å². The first-order valence-electron chi connectivity index (χ1n) is 2.49. The Morgan fingerprint density at radius 2 is 1.29 bits per heavy atom. The van der Waals surface area contributed by atoms with Gasteiger partial charge >= 0.3 is 0 Å². The van der Waals surface area contributed by atoms with Crippen molar-refractivity contribution in [1.82, 2.24) is 0 Å². The van der Waals surface area contributed by atoms with E-state index in [1.54, 1.807) is 0 Å². The Kier molecular flexibility index (Phi) is 2.44. The first-order valence-corrected chi connectivity index (χ1v) is 2.49. The Bertz CT molecular complexity index is 66.2. The van der Waals surface area contributed by atoms with Crippen LogP contribution in [0.3, 0.4) is 0 Å². The molecule has 1 heteroatoms. The molecule has 0 spiro atoms. The highest BCUT2D eigenvalue weighted by Crippen LogP contribution is 2.22. The van der Waals surface area contributed by atoms with Gasteiger partial charge in [0.05, 0.1) is 0 Å². The third kappa shape index (κ3) is 1.23. The Balaban J connectivity index is 0.000000360. The van der Waals surface area contributed by atoms with Crippen molar-refractivity contribution in [1.29, 1.82) is 0 Å². The molecule has 0 N–H and O–H groups in total. The average molecular weight is 116 g/mol. The van der Waals surface area contributed by atoms with E-state index >= 15 is 0 Å².